The molecule has 2 amide bonds. The van der Waals surface area contributed by atoms with Crippen LogP contribution in [0.5, 0.6) is 0 Å². The van der Waals surface area contributed by atoms with E-state index < -0.39 is 5.91 Å². The van der Waals surface area contributed by atoms with E-state index in [1.165, 1.54) is 0 Å². The number of benzene rings is 1. The second-order valence-corrected chi connectivity index (χ2v) is 6.58. The Bertz CT molecular complexity index is 918. The molecule has 124 valence electrons. The van der Waals surface area contributed by atoms with Crippen LogP contribution in [0.2, 0.25) is 0 Å². The third-order valence-electron chi connectivity index (χ3n) is 4.82. The third kappa shape index (κ3) is 2.46. The number of carbonyl (C=O) groups is 2. The molecule has 1 fully saturated rings. The lowest BCUT2D eigenvalue weighted by molar-refractivity contribution is -0.123. The summed E-state index contributed by atoms with van der Waals surface area (Å²) in [5.74, 6) is 0.556. The number of aryl methyl sites for hydroxylation is 1. The van der Waals surface area contributed by atoms with Crippen LogP contribution in [0.15, 0.2) is 23.0 Å². The van der Waals surface area contributed by atoms with Crippen molar-refractivity contribution in [3.8, 4) is 0 Å². The Morgan fingerprint density at radius 2 is 2.08 bits per heavy atom. The molecule has 1 aromatic heterocycles. The molecular weight excluding hydrogens is 308 g/mol. The second-order valence-electron chi connectivity index (χ2n) is 6.58. The summed E-state index contributed by atoms with van der Waals surface area (Å²) in [7, 11) is 0. The molecule has 7 nitrogen and oxygen atoms in total. The number of hydrazine groups is 1. The molecule has 0 bridgehead atoms. The van der Waals surface area contributed by atoms with Gasteiger partial charge in [0, 0.05) is 24.4 Å². The van der Waals surface area contributed by atoms with Crippen LogP contribution in [0.3, 0.4) is 0 Å². The predicted molar refractivity (Wildman–Crippen MR) is 87.2 cm³/mol. The largest absolute Gasteiger partial charge is 0.296 e. The number of fused-ring (bicyclic) bond motifs is 2. The molecule has 7 heteroatoms. The van der Waals surface area contributed by atoms with Crippen molar-refractivity contribution in [3.63, 3.8) is 0 Å². The monoisotopic (exact) mass is 326 g/mol. The molecule has 0 saturated heterocycles. The molecule has 2 heterocycles. The number of aromatic nitrogens is 2. The van der Waals surface area contributed by atoms with Gasteiger partial charge in [0.1, 0.15) is 5.82 Å². The minimum atomic E-state index is -0.416. The summed E-state index contributed by atoms with van der Waals surface area (Å²) in [5.41, 5.74) is 5.69. The summed E-state index contributed by atoms with van der Waals surface area (Å²) >= 11 is 0. The minimum Gasteiger partial charge on any atom is -0.296 e. The SMILES string of the molecule is C[C@@H]1C[C@H]1C(=O)NNC(=O)c1ccc2c(=O)n3c(nc2c1)CCC3. The number of amides is 2. The molecule has 0 unspecified atom stereocenters. The molecule has 2 atom stereocenters. The van der Waals surface area contributed by atoms with E-state index in [0.29, 0.717) is 28.9 Å². The van der Waals surface area contributed by atoms with Crippen molar-refractivity contribution >= 4 is 22.7 Å². The van der Waals surface area contributed by atoms with Gasteiger partial charge in [-0.3, -0.25) is 29.8 Å². The summed E-state index contributed by atoms with van der Waals surface area (Å²) in [4.78, 5) is 40.8. The first-order chi connectivity index (χ1) is 11.5. The summed E-state index contributed by atoms with van der Waals surface area (Å²) in [5, 5.41) is 0.507. The lowest BCUT2D eigenvalue weighted by Crippen LogP contribution is -2.42. The van der Waals surface area contributed by atoms with E-state index in [9.17, 15) is 14.4 Å². The summed E-state index contributed by atoms with van der Waals surface area (Å²) in [6.07, 6.45) is 2.55. The smallest absolute Gasteiger partial charge is 0.269 e. The van der Waals surface area contributed by atoms with Crippen LogP contribution in [-0.2, 0) is 17.8 Å². The number of rotatable bonds is 2. The predicted octanol–water partition coefficient (Wildman–Crippen LogP) is 0.760. The second kappa shape index (κ2) is 5.43. The molecule has 0 radical (unpaired) electrons. The lowest BCUT2D eigenvalue weighted by atomic mass is 10.1. The highest BCUT2D eigenvalue weighted by Gasteiger charge is 2.39. The fourth-order valence-corrected chi connectivity index (χ4v) is 3.20. The van der Waals surface area contributed by atoms with Crippen LogP contribution in [0.25, 0.3) is 10.9 Å². The van der Waals surface area contributed by atoms with Crippen molar-refractivity contribution in [3.05, 3.63) is 39.9 Å². The van der Waals surface area contributed by atoms with E-state index in [-0.39, 0.29) is 17.4 Å². The van der Waals surface area contributed by atoms with Crippen LogP contribution in [0.1, 0.15) is 35.9 Å². The van der Waals surface area contributed by atoms with Gasteiger partial charge >= 0.3 is 0 Å². The summed E-state index contributed by atoms with van der Waals surface area (Å²) in [6.45, 7) is 2.70. The maximum absolute atomic E-state index is 12.4. The molecule has 2 aliphatic rings. The zero-order valence-corrected chi connectivity index (χ0v) is 13.3. The Labute approximate surface area is 138 Å². The number of carbonyl (C=O) groups excluding carboxylic acids is 2. The van der Waals surface area contributed by atoms with Gasteiger partial charge in [-0.05, 0) is 37.0 Å². The van der Waals surface area contributed by atoms with E-state index in [0.717, 1.165) is 25.1 Å². The van der Waals surface area contributed by atoms with Gasteiger partial charge in [0.25, 0.3) is 11.5 Å². The van der Waals surface area contributed by atoms with E-state index in [4.69, 9.17) is 0 Å². The standard InChI is InChI=1S/C17H18N4O3/c1-9-7-12(9)16(23)20-19-15(22)10-4-5-11-13(8-10)18-14-3-2-6-21(14)17(11)24/h4-5,8-9,12H,2-3,6-7H2,1H3,(H,19,22)(H,20,23)/t9-,12-/m1/s1. The average molecular weight is 326 g/mol. The first-order valence-electron chi connectivity index (χ1n) is 8.18. The molecular formula is C17H18N4O3. The van der Waals surface area contributed by atoms with Gasteiger partial charge in [-0.1, -0.05) is 6.92 Å². The number of hydrogen-bond donors (Lipinski definition) is 2. The molecule has 24 heavy (non-hydrogen) atoms. The number of nitrogens with zero attached hydrogens (tertiary/aromatic N) is 2. The van der Waals surface area contributed by atoms with Gasteiger partial charge in [0.05, 0.1) is 10.9 Å². The Morgan fingerprint density at radius 1 is 1.29 bits per heavy atom. The van der Waals surface area contributed by atoms with E-state index in [2.05, 4.69) is 15.8 Å². The Kier molecular flexibility index (Phi) is 3.37. The zero-order valence-electron chi connectivity index (χ0n) is 13.3. The minimum absolute atomic E-state index is 0.00814. The molecule has 1 saturated carbocycles. The molecule has 1 aromatic carbocycles. The van der Waals surface area contributed by atoms with Crippen molar-refractivity contribution < 1.29 is 9.59 Å². The van der Waals surface area contributed by atoms with Gasteiger partial charge in [0.15, 0.2) is 0 Å². The van der Waals surface area contributed by atoms with Crippen molar-refractivity contribution in [1.82, 2.24) is 20.4 Å². The Morgan fingerprint density at radius 3 is 2.83 bits per heavy atom. The van der Waals surface area contributed by atoms with E-state index >= 15 is 0 Å². The molecule has 0 spiro atoms. The van der Waals surface area contributed by atoms with Crippen LogP contribution in [0, 0.1) is 11.8 Å². The van der Waals surface area contributed by atoms with Gasteiger partial charge < -0.3 is 0 Å². The van der Waals surface area contributed by atoms with E-state index in [1.807, 2.05) is 6.92 Å². The highest BCUT2D eigenvalue weighted by atomic mass is 16.2. The fraction of sp³-hybridized carbons (Fsp3) is 0.412. The molecule has 2 aromatic rings. The summed E-state index contributed by atoms with van der Waals surface area (Å²) in [6, 6.07) is 4.79. The van der Waals surface area contributed by atoms with Crippen LogP contribution >= 0.6 is 0 Å². The summed E-state index contributed by atoms with van der Waals surface area (Å²) < 4.78 is 1.69. The molecule has 1 aliphatic heterocycles. The quantitative estimate of drug-likeness (QED) is 0.797. The highest BCUT2D eigenvalue weighted by Crippen LogP contribution is 2.37. The van der Waals surface area contributed by atoms with Crippen molar-refractivity contribution in [1.29, 1.82) is 0 Å². The van der Waals surface area contributed by atoms with Gasteiger partial charge in [-0.25, -0.2) is 4.98 Å². The van der Waals surface area contributed by atoms with Crippen LogP contribution in [-0.4, -0.2) is 21.4 Å². The normalized spacial score (nSPS) is 21.4. The first kappa shape index (κ1) is 14.9. The van der Waals surface area contributed by atoms with Gasteiger partial charge in [-0.2, -0.15) is 0 Å². The maximum atomic E-state index is 12.4. The number of nitrogens with one attached hydrogen (secondary N) is 2. The van der Waals surface area contributed by atoms with Crippen molar-refractivity contribution in [2.75, 3.05) is 0 Å². The molecule has 1 aliphatic carbocycles. The van der Waals surface area contributed by atoms with Crippen molar-refractivity contribution in [2.24, 2.45) is 11.8 Å². The highest BCUT2D eigenvalue weighted by molar-refractivity contribution is 5.98. The average Bonchev–Trinajstić information content (AvgIpc) is 3.12. The Balaban J connectivity index is 1.56. The van der Waals surface area contributed by atoms with Crippen LogP contribution in [0.4, 0.5) is 0 Å². The van der Waals surface area contributed by atoms with Crippen LogP contribution < -0.4 is 16.4 Å². The molecule has 2 N–H and O–H groups in total. The lowest BCUT2D eigenvalue weighted by Gasteiger charge is -2.09. The van der Waals surface area contributed by atoms with Gasteiger partial charge in [0.2, 0.25) is 5.91 Å². The Hall–Kier alpha value is -2.70. The third-order valence-corrected chi connectivity index (χ3v) is 4.82. The van der Waals surface area contributed by atoms with E-state index in [1.54, 1.807) is 22.8 Å². The van der Waals surface area contributed by atoms with Crippen molar-refractivity contribution in [2.45, 2.75) is 32.7 Å². The zero-order chi connectivity index (χ0) is 16.8. The number of hydrogen-bond acceptors (Lipinski definition) is 4. The topological polar surface area (TPSA) is 93.1 Å². The first-order valence-corrected chi connectivity index (χ1v) is 8.18. The maximum Gasteiger partial charge on any atom is 0.269 e. The van der Waals surface area contributed by atoms with Gasteiger partial charge in [-0.15, -0.1) is 0 Å². The molecule has 4 rings (SSSR count). The fourth-order valence-electron chi connectivity index (χ4n) is 3.20.